The molecule has 20 heavy (non-hydrogen) atoms. The van der Waals surface area contributed by atoms with Gasteiger partial charge in [-0.15, -0.1) is 11.3 Å². The van der Waals surface area contributed by atoms with Crippen molar-refractivity contribution < 1.29 is 4.79 Å². The quantitative estimate of drug-likeness (QED) is 0.921. The minimum atomic E-state index is -0.0387. The van der Waals surface area contributed by atoms with Gasteiger partial charge in [0.25, 0.3) is 5.91 Å². The summed E-state index contributed by atoms with van der Waals surface area (Å²) in [6.07, 6.45) is 0. The van der Waals surface area contributed by atoms with Crippen LogP contribution in [0.4, 0.5) is 0 Å². The van der Waals surface area contributed by atoms with Crippen molar-refractivity contribution in [1.82, 2.24) is 10.3 Å². The third-order valence-corrected chi connectivity index (χ3v) is 4.62. The molecule has 0 aliphatic carbocycles. The fraction of sp³-hybridized carbons (Fsp3) is 0.375. The zero-order valence-corrected chi connectivity index (χ0v) is 13.1. The van der Waals surface area contributed by atoms with Crippen molar-refractivity contribution in [2.45, 2.75) is 39.7 Å². The molecule has 0 saturated carbocycles. The van der Waals surface area contributed by atoms with E-state index in [2.05, 4.69) is 24.1 Å². The number of carbonyl (C=O) groups is 1. The molecule has 2 rings (SSSR count). The van der Waals surface area contributed by atoms with E-state index in [-0.39, 0.29) is 11.9 Å². The number of amides is 1. The number of benzene rings is 1. The lowest BCUT2D eigenvalue weighted by atomic mass is 10.1. The number of aromatic nitrogens is 1. The highest BCUT2D eigenvalue weighted by atomic mass is 32.1. The van der Waals surface area contributed by atoms with Gasteiger partial charge in [0, 0.05) is 5.92 Å². The summed E-state index contributed by atoms with van der Waals surface area (Å²) in [5.74, 6) is 0.315. The number of carbonyl (C=O) groups excluding carboxylic acids is 1. The number of nitrogens with zero attached hydrogens (tertiary/aromatic N) is 1. The predicted molar refractivity (Wildman–Crippen MR) is 83.3 cm³/mol. The Bertz CT molecular complexity index is 590. The predicted octanol–water partition coefficient (Wildman–Crippen LogP) is 4.07. The Hall–Kier alpha value is -1.68. The Labute approximate surface area is 124 Å². The number of nitrogens with one attached hydrogen (secondary N) is 1. The first-order valence-corrected chi connectivity index (χ1v) is 7.63. The second-order valence-corrected chi connectivity index (χ2v) is 6.26. The summed E-state index contributed by atoms with van der Waals surface area (Å²) in [7, 11) is 0. The van der Waals surface area contributed by atoms with E-state index in [0.29, 0.717) is 5.92 Å². The largest absolute Gasteiger partial charge is 0.345 e. The maximum atomic E-state index is 12.3. The molecule has 0 saturated heterocycles. The molecular weight excluding hydrogens is 268 g/mol. The van der Waals surface area contributed by atoms with E-state index in [9.17, 15) is 4.79 Å². The van der Waals surface area contributed by atoms with Crippen molar-refractivity contribution in [3.8, 4) is 0 Å². The van der Waals surface area contributed by atoms with Crippen LogP contribution in [0.1, 0.15) is 58.7 Å². The van der Waals surface area contributed by atoms with E-state index in [4.69, 9.17) is 0 Å². The maximum Gasteiger partial charge on any atom is 0.263 e. The highest BCUT2D eigenvalue weighted by Gasteiger charge is 2.18. The average Bonchev–Trinajstić information content (AvgIpc) is 2.82. The van der Waals surface area contributed by atoms with Crippen LogP contribution in [0.25, 0.3) is 0 Å². The average molecular weight is 288 g/mol. The SMILES string of the molecule is Cc1nc(C(C)C)sc1C(=O)N[C@H](C)c1ccccc1. The summed E-state index contributed by atoms with van der Waals surface area (Å²) < 4.78 is 0. The van der Waals surface area contributed by atoms with Crippen molar-refractivity contribution in [2.24, 2.45) is 0 Å². The van der Waals surface area contributed by atoms with Crippen molar-refractivity contribution in [3.63, 3.8) is 0 Å². The molecule has 2 aromatic rings. The standard InChI is InChI=1S/C16H20N2OS/c1-10(2)16-18-12(4)14(20-16)15(19)17-11(3)13-8-6-5-7-9-13/h5-11H,1-4H3,(H,17,19)/t11-/m1/s1. The number of thiazole rings is 1. The minimum absolute atomic E-state index is 0.00676. The molecule has 0 spiro atoms. The molecule has 1 N–H and O–H groups in total. The minimum Gasteiger partial charge on any atom is -0.345 e. The van der Waals surface area contributed by atoms with Gasteiger partial charge < -0.3 is 5.32 Å². The fourth-order valence-electron chi connectivity index (χ4n) is 1.96. The van der Waals surface area contributed by atoms with Gasteiger partial charge in [0.15, 0.2) is 0 Å². The molecule has 1 atom stereocenters. The van der Waals surface area contributed by atoms with Crippen LogP contribution in [-0.2, 0) is 0 Å². The monoisotopic (exact) mass is 288 g/mol. The molecule has 1 heterocycles. The van der Waals surface area contributed by atoms with Crippen molar-refractivity contribution >= 4 is 17.2 Å². The Balaban J connectivity index is 2.12. The molecule has 0 bridgehead atoms. The van der Waals surface area contributed by atoms with Crippen LogP contribution in [0.3, 0.4) is 0 Å². The number of hydrogen-bond acceptors (Lipinski definition) is 3. The van der Waals surface area contributed by atoms with Crippen LogP contribution < -0.4 is 5.32 Å². The summed E-state index contributed by atoms with van der Waals surface area (Å²) >= 11 is 1.49. The zero-order valence-electron chi connectivity index (χ0n) is 12.3. The molecular formula is C16H20N2OS. The van der Waals surface area contributed by atoms with Gasteiger partial charge in [-0.1, -0.05) is 44.2 Å². The van der Waals surface area contributed by atoms with Crippen LogP contribution in [0.2, 0.25) is 0 Å². The third kappa shape index (κ3) is 3.25. The van der Waals surface area contributed by atoms with Gasteiger partial charge >= 0.3 is 0 Å². The third-order valence-electron chi connectivity index (χ3n) is 3.16. The maximum absolute atomic E-state index is 12.3. The summed E-state index contributed by atoms with van der Waals surface area (Å²) in [6.45, 7) is 8.07. The highest BCUT2D eigenvalue weighted by Crippen LogP contribution is 2.25. The van der Waals surface area contributed by atoms with Crippen LogP contribution in [0.15, 0.2) is 30.3 Å². The Morgan fingerprint density at radius 2 is 1.85 bits per heavy atom. The van der Waals surface area contributed by atoms with Crippen molar-refractivity contribution in [2.75, 3.05) is 0 Å². The van der Waals surface area contributed by atoms with Crippen LogP contribution in [0.5, 0.6) is 0 Å². The van der Waals surface area contributed by atoms with E-state index in [0.717, 1.165) is 21.1 Å². The summed E-state index contributed by atoms with van der Waals surface area (Å²) in [5, 5.41) is 4.05. The van der Waals surface area contributed by atoms with Crippen LogP contribution >= 0.6 is 11.3 Å². The van der Waals surface area contributed by atoms with E-state index in [1.165, 1.54) is 11.3 Å². The number of aryl methyl sites for hydroxylation is 1. The lowest BCUT2D eigenvalue weighted by molar-refractivity contribution is 0.0943. The van der Waals surface area contributed by atoms with Crippen LogP contribution in [0, 0.1) is 6.92 Å². The van der Waals surface area contributed by atoms with Gasteiger partial charge in [-0.05, 0) is 19.4 Å². The molecule has 0 unspecified atom stereocenters. The van der Waals surface area contributed by atoms with E-state index < -0.39 is 0 Å². The summed E-state index contributed by atoms with van der Waals surface area (Å²) in [5.41, 5.74) is 1.92. The number of rotatable bonds is 4. The van der Waals surface area contributed by atoms with Gasteiger partial charge in [-0.3, -0.25) is 4.79 Å². The van der Waals surface area contributed by atoms with E-state index in [1.807, 2.05) is 44.2 Å². The van der Waals surface area contributed by atoms with Gasteiger partial charge in [0.1, 0.15) is 4.88 Å². The van der Waals surface area contributed by atoms with Gasteiger partial charge in [0.2, 0.25) is 0 Å². The second kappa shape index (κ2) is 6.18. The first kappa shape index (κ1) is 14.7. The number of hydrogen-bond donors (Lipinski definition) is 1. The molecule has 4 heteroatoms. The topological polar surface area (TPSA) is 42.0 Å². The van der Waals surface area contributed by atoms with Crippen molar-refractivity contribution in [1.29, 1.82) is 0 Å². The molecule has 106 valence electrons. The van der Waals surface area contributed by atoms with E-state index >= 15 is 0 Å². The van der Waals surface area contributed by atoms with E-state index in [1.54, 1.807) is 0 Å². The van der Waals surface area contributed by atoms with Gasteiger partial charge in [-0.2, -0.15) is 0 Å². The molecule has 1 aromatic heterocycles. The fourth-order valence-corrected chi connectivity index (χ4v) is 2.93. The zero-order chi connectivity index (χ0) is 14.7. The molecule has 0 radical (unpaired) electrons. The molecule has 3 nitrogen and oxygen atoms in total. The molecule has 1 aromatic carbocycles. The van der Waals surface area contributed by atoms with Gasteiger partial charge in [0.05, 0.1) is 16.7 Å². The molecule has 0 fully saturated rings. The highest BCUT2D eigenvalue weighted by molar-refractivity contribution is 7.13. The molecule has 0 aliphatic rings. The summed E-state index contributed by atoms with van der Waals surface area (Å²) in [6, 6.07) is 9.96. The molecule has 0 aliphatic heterocycles. The van der Waals surface area contributed by atoms with Gasteiger partial charge in [-0.25, -0.2) is 4.98 Å². The lowest BCUT2D eigenvalue weighted by Crippen LogP contribution is -2.26. The molecule has 1 amide bonds. The first-order chi connectivity index (χ1) is 9.49. The first-order valence-electron chi connectivity index (χ1n) is 6.82. The van der Waals surface area contributed by atoms with Crippen LogP contribution in [-0.4, -0.2) is 10.9 Å². The smallest absolute Gasteiger partial charge is 0.263 e. The normalized spacial score (nSPS) is 12.4. The Morgan fingerprint density at radius 1 is 1.20 bits per heavy atom. The Kier molecular flexibility index (Phi) is 4.55. The summed E-state index contributed by atoms with van der Waals surface area (Å²) in [4.78, 5) is 17.5. The lowest BCUT2D eigenvalue weighted by Gasteiger charge is -2.13. The second-order valence-electron chi connectivity index (χ2n) is 5.23. The van der Waals surface area contributed by atoms with Crippen molar-refractivity contribution in [3.05, 3.63) is 51.5 Å². The Morgan fingerprint density at radius 3 is 2.40 bits per heavy atom.